The van der Waals surface area contributed by atoms with Gasteiger partial charge in [0, 0.05) is 28.4 Å². The fourth-order valence-electron chi connectivity index (χ4n) is 3.78. The number of carbonyl (C=O) groups is 1. The van der Waals surface area contributed by atoms with Crippen LogP contribution in [0.2, 0.25) is 0 Å². The molecule has 7 nitrogen and oxygen atoms in total. The first-order chi connectivity index (χ1) is 13.6. The van der Waals surface area contributed by atoms with Gasteiger partial charge in [-0.1, -0.05) is 18.2 Å². The molecule has 2 aromatic carbocycles. The molecule has 0 aliphatic carbocycles. The molecule has 2 amide bonds. The SMILES string of the molecule is COc1ccc(NC(=O)N2Cc3[nH]c4ccccc4c3CC2CO)cc1OC. The molecular weight excluding hydrogens is 358 g/mol. The fraction of sp³-hybridized carbons (Fsp3) is 0.286. The summed E-state index contributed by atoms with van der Waals surface area (Å²) in [6.07, 6.45) is 0.606. The highest BCUT2D eigenvalue weighted by Gasteiger charge is 2.31. The molecule has 146 valence electrons. The van der Waals surface area contributed by atoms with Crippen molar-refractivity contribution in [3.63, 3.8) is 0 Å². The molecule has 0 bridgehead atoms. The number of aliphatic hydroxyl groups is 1. The highest BCUT2D eigenvalue weighted by molar-refractivity contribution is 5.91. The van der Waals surface area contributed by atoms with Crippen LogP contribution in [0.4, 0.5) is 10.5 Å². The molecule has 3 N–H and O–H groups in total. The van der Waals surface area contributed by atoms with E-state index in [1.54, 1.807) is 37.3 Å². The zero-order valence-electron chi connectivity index (χ0n) is 15.9. The molecule has 4 rings (SSSR count). The summed E-state index contributed by atoms with van der Waals surface area (Å²) < 4.78 is 10.5. The third-order valence-electron chi connectivity index (χ3n) is 5.22. The van der Waals surface area contributed by atoms with Crippen molar-refractivity contribution in [2.45, 2.75) is 19.0 Å². The van der Waals surface area contributed by atoms with E-state index < -0.39 is 0 Å². The normalized spacial score (nSPS) is 16.0. The number of nitrogens with one attached hydrogen (secondary N) is 2. The van der Waals surface area contributed by atoms with Crippen molar-refractivity contribution >= 4 is 22.6 Å². The number of aliphatic hydroxyl groups excluding tert-OH is 1. The molecule has 1 aromatic heterocycles. The van der Waals surface area contributed by atoms with Crippen LogP contribution in [-0.4, -0.2) is 47.9 Å². The van der Waals surface area contributed by atoms with Crippen molar-refractivity contribution < 1.29 is 19.4 Å². The summed E-state index contributed by atoms with van der Waals surface area (Å²) in [5, 5.41) is 13.9. The Morgan fingerprint density at radius 2 is 2.00 bits per heavy atom. The molecule has 0 spiro atoms. The first-order valence-electron chi connectivity index (χ1n) is 9.13. The molecule has 0 saturated heterocycles. The smallest absolute Gasteiger partial charge is 0.322 e. The van der Waals surface area contributed by atoms with Gasteiger partial charge in [0.2, 0.25) is 0 Å². The number of anilines is 1. The number of rotatable bonds is 4. The van der Waals surface area contributed by atoms with Crippen molar-refractivity contribution in [2.24, 2.45) is 0 Å². The highest BCUT2D eigenvalue weighted by Crippen LogP contribution is 2.32. The number of carbonyl (C=O) groups excluding carboxylic acids is 1. The molecule has 0 radical (unpaired) electrons. The Hall–Kier alpha value is -3.19. The van der Waals surface area contributed by atoms with Gasteiger partial charge in [0.1, 0.15) is 0 Å². The predicted molar refractivity (Wildman–Crippen MR) is 107 cm³/mol. The molecule has 3 aromatic rings. The van der Waals surface area contributed by atoms with Gasteiger partial charge in [-0.15, -0.1) is 0 Å². The number of aromatic nitrogens is 1. The summed E-state index contributed by atoms with van der Waals surface area (Å²) in [6, 6.07) is 12.7. The maximum atomic E-state index is 12.9. The number of H-pyrrole nitrogens is 1. The minimum Gasteiger partial charge on any atom is -0.493 e. The number of nitrogens with zero attached hydrogens (tertiary/aromatic N) is 1. The summed E-state index contributed by atoms with van der Waals surface area (Å²) in [5.74, 6) is 1.13. The molecule has 28 heavy (non-hydrogen) atoms. The number of amides is 2. The second-order valence-electron chi connectivity index (χ2n) is 6.80. The van der Waals surface area contributed by atoms with Crippen molar-refractivity contribution in [1.82, 2.24) is 9.88 Å². The Labute approximate surface area is 162 Å². The first-order valence-corrected chi connectivity index (χ1v) is 9.13. The van der Waals surface area contributed by atoms with E-state index in [-0.39, 0.29) is 18.7 Å². The summed E-state index contributed by atoms with van der Waals surface area (Å²) in [6.45, 7) is 0.312. The standard InChI is InChI=1S/C21H23N3O4/c1-27-19-8-7-13(9-20(19)28-2)22-21(26)24-11-18-16(10-14(24)12-25)15-5-3-4-6-17(15)23-18/h3-9,14,23,25H,10-12H2,1-2H3,(H,22,26). The Morgan fingerprint density at radius 3 is 2.75 bits per heavy atom. The van der Waals surface area contributed by atoms with E-state index in [2.05, 4.69) is 16.4 Å². The fourth-order valence-corrected chi connectivity index (χ4v) is 3.78. The number of ether oxygens (including phenoxy) is 2. The molecule has 1 aliphatic heterocycles. The number of hydrogen-bond acceptors (Lipinski definition) is 4. The summed E-state index contributed by atoms with van der Waals surface area (Å²) in [5.41, 5.74) is 3.83. The minimum atomic E-state index is -0.285. The zero-order valence-corrected chi connectivity index (χ0v) is 15.9. The molecule has 0 fully saturated rings. The second kappa shape index (κ2) is 7.44. The Balaban J connectivity index is 1.58. The average molecular weight is 381 g/mol. The second-order valence-corrected chi connectivity index (χ2v) is 6.80. The van der Waals surface area contributed by atoms with Crippen LogP contribution >= 0.6 is 0 Å². The van der Waals surface area contributed by atoms with Crippen molar-refractivity contribution in [3.05, 3.63) is 53.7 Å². The lowest BCUT2D eigenvalue weighted by molar-refractivity contribution is 0.129. The van der Waals surface area contributed by atoms with E-state index in [1.807, 2.05) is 18.2 Å². The van der Waals surface area contributed by atoms with Gasteiger partial charge < -0.3 is 29.8 Å². The van der Waals surface area contributed by atoms with E-state index in [1.165, 1.54) is 5.56 Å². The topological polar surface area (TPSA) is 86.8 Å². The third kappa shape index (κ3) is 3.14. The van der Waals surface area contributed by atoms with Gasteiger partial charge in [-0.25, -0.2) is 4.79 Å². The van der Waals surface area contributed by atoms with Crippen LogP contribution in [0.5, 0.6) is 11.5 Å². The lowest BCUT2D eigenvalue weighted by Gasteiger charge is -2.34. The lowest BCUT2D eigenvalue weighted by atomic mass is 9.97. The maximum absolute atomic E-state index is 12.9. The number of hydrogen-bond donors (Lipinski definition) is 3. The summed E-state index contributed by atoms with van der Waals surface area (Å²) >= 11 is 0. The van der Waals surface area contributed by atoms with Crippen LogP contribution in [-0.2, 0) is 13.0 Å². The van der Waals surface area contributed by atoms with E-state index in [0.29, 0.717) is 30.2 Å². The first kappa shape index (κ1) is 18.2. The molecule has 1 atom stereocenters. The average Bonchev–Trinajstić information content (AvgIpc) is 3.10. The van der Waals surface area contributed by atoms with Crippen LogP contribution in [0.3, 0.4) is 0 Å². The van der Waals surface area contributed by atoms with Gasteiger partial charge >= 0.3 is 6.03 Å². The van der Waals surface area contributed by atoms with Gasteiger partial charge in [0.25, 0.3) is 0 Å². The van der Waals surface area contributed by atoms with Crippen LogP contribution in [0.15, 0.2) is 42.5 Å². The van der Waals surface area contributed by atoms with Crippen molar-refractivity contribution in [3.8, 4) is 11.5 Å². The van der Waals surface area contributed by atoms with E-state index in [9.17, 15) is 9.90 Å². The van der Waals surface area contributed by atoms with Crippen molar-refractivity contribution in [1.29, 1.82) is 0 Å². The Bertz CT molecular complexity index is 1010. The van der Waals surface area contributed by atoms with Crippen LogP contribution < -0.4 is 14.8 Å². The number of benzene rings is 2. The Kier molecular flexibility index (Phi) is 4.83. The minimum absolute atomic E-state index is 0.0989. The van der Waals surface area contributed by atoms with Gasteiger partial charge in [-0.05, 0) is 30.2 Å². The van der Waals surface area contributed by atoms with E-state index in [0.717, 1.165) is 16.6 Å². The van der Waals surface area contributed by atoms with Gasteiger partial charge in [0.15, 0.2) is 11.5 Å². The number of aromatic amines is 1. The Morgan fingerprint density at radius 1 is 1.21 bits per heavy atom. The number of methoxy groups -OCH3 is 2. The third-order valence-corrected chi connectivity index (χ3v) is 5.22. The molecular formula is C21H23N3O4. The predicted octanol–water partition coefficient (Wildman–Crippen LogP) is 3.14. The lowest BCUT2D eigenvalue weighted by Crippen LogP contribution is -2.48. The van der Waals surface area contributed by atoms with Gasteiger partial charge in [0.05, 0.1) is 33.4 Å². The van der Waals surface area contributed by atoms with Crippen molar-refractivity contribution in [2.75, 3.05) is 26.1 Å². The largest absolute Gasteiger partial charge is 0.493 e. The molecule has 0 saturated carbocycles. The number of fused-ring (bicyclic) bond motifs is 3. The molecule has 7 heteroatoms. The van der Waals surface area contributed by atoms with Crippen LogP contribution in [0.1, 0.15) is 11.3 Å². The number of urea groups is 1. The summed E-state index contributed by atoms with van der Waals surface area (Å²) in [7, 11) is 3.11. The molecule has 1 aliphatic rings. The summed E-state index contributed by atoms with van der Waals surface area (Å²) in [4.78, 5) is 18.0. The molecule has 1 unspecified atom stereocenters. The van der Waals surface area contributed by atoms with E-state index >= 15 is 0 Å². The molecule has 2 heterocycles. The van der Waals surface area contributed by atoms with Crippen LogP contribution in [0.25, 0.3) is 10.9 Å². The zero-order chi connectivity index (χ0) is 19.7. The monoisotopic (exact) mass is 381 g/mol. The van der Waals surface area contributed by atoms with E-state index in [4.69, 9.17) is 9.47 Å². The highest BCUT2D eigenvalue weighted by atomic mass is 16.5. The van der Waals surface area contributed by atoms with Gasteiger partial charge in [-0.3, -0.25) is 0 Å². The van der Waals surface area contributed by atoms with Gasteiger partial charge in [-0.2, -0.15) is 0 Å². The maximum Gasteiger partial charge on any atom is 0.322 e. The quantitative estimate of drug-likeness (QED) is 0.648. The number of para-hydroxylation sites is 1. The van der Waals surface area contributed by atoms with Crippen LogP contribution in [0, 0.1) is 0 Å².